The summed E-state index contributed by atoms with van der Waals surface area (Å²) in [5, 5.41) is 9.70. The number of aromatic hydroxyl groups is 1. The molecular formula is C12H11ClFNO2. The van der Waals surface area contributed by atoms with Crippen LogP contribution in [-0.4, -0.2) is 11.2 Å². The summed E-state index contributed by atoms with van der Waals surface area (Å²) in [4.78, 5) is 14.3. The molecule has 1 aliphatic rings. The average Bonchev–Trinajstić information content (AvgIpc) is 2.73. The van der Waals surface area contributed by atoms with Crippen LogP contribution in [0.1, 0.15) is 31.2 Å². The topological polar surface area (TPSA) is 49.7 Å². The van der Waals surface area contributed by atoms with E-state index in [-0.39, 0.29) is 10.8 Å². The second-order valence-electron chi connectivity index (χ2n) is 4.23. The zero-order chi connectivity index (χ0) is 12.5. The molecule has 0 bridgehead atoms. The molecule has 0 heterocycles. The van der Waals surface area contributed by atoms with Gasteiger partial charge < -0.3 is 5.11 Å². The molecule has 90 valence electrons. The van der Waals surface area contributed by atoms with Crippen molar-refractivity contribution < 1.29 is 14.3 Å². The van der Waals surface area contributed by atoms with Crippen LogP contribution in [-0.2, 0) is 10.3 Å². The minimum atomic E-state index is -0.789. The number of hydrogen-bond acceptors (Lipinski definition) is 3. The summed E-state index contributed by atoms with van der Waals surface area (Å²) in [6.07, 6.45) is 4.62. The molecule has 17 heavy (non-hydrogen) atoms. The van der Waals surface area contributed by atoms with Crippen molar-refractivity contribution >= 4 is 17.7 Å². The highest BCUT2D eigenvalue weighted by molar-refractivity contribution is 6.30. The molecule has 0 radical (unpaired) electrons. The molecule has 3 nitrogen and oxygen atoms in total. The largest absolute Gasteiger partial charge is 0.507 e. The van der Waals surface area contributed by atoms with E-state index in [0.717, 1.165) is 18.9 Å². The van der Waals surface area contributed by atoms with Gasteiger partial charge in [-0.3, -0.25) is 0 Å². The van der Waals surface area contributed by atoms with Crippen molar-refractivity contribution in [2.45, 2.75) is 31.2 Å². The van der Waals surface area contributed by atoms with E-state index in [4.69, 9.17) is 11.6 Å². The second kappa shape index (κ2) is 4.47. The SMILES string of the molecule is O=C=NC1(c2cc(Cl)c(F)cc2O)CCCC1. The highest BCUT2D eigenvalue weighted by Gasteiger charge is 2.38. The van der Waals surface area contributed by atoms with Gasteiger partial charge in [0.1, 0.15) is 17.1 Å². The predicted molar refractivity (Wildman–Crippen MR) is 61.3 cm³/mol. The first-order valence-electron chi connectivity index (χ1n) is 5.36. The van der Waals surface area contributed by atoms with E-state index in [1.165, 1.54) is 12.1 Å². The van der Waals surface area contributed by atoms with Crippen LogP contribution < -0.4 is 0 Å². The lowest BCUT2D eigenvalue weighted by Gasteiger charge is -2.24. The van der Waals surface area contributed by atoms with Gasteiger partial charge in [-0.25, -0.2) is 9.18 Å². The standard InChI is InChI=1S/C12H11ClFNO2/c13-9-5-8(11(17)6-10(9)14)12(15-7-16)3-1-2-4-12/h5-6,17H,1-4H2. The number of rotatable bonds is 2. The molecule has 0 saturated heterocycles. The Morgan fingerprint density at radius 1 is 1.41 bits per heavy atom. The van der Waals surface area contributed by atoms with Crippen LogP contribution in [0.15, 0.2) is 17.1 Å². The molecule has 0 aliphatic heterocycles. The Morgan fingerprint density at radius 3 is 2.65 bits per heavy atom. The molecule has 5 heteroatoms. The van der Waals surface area contributed by atoms with Gasteiger partial charge in [0.25, 0.3) is 0 Å². The van der Waals surface area contributed by atoms with Crippen LogP contribution in [0.2, 0.25) is 5.02 Å². The minimum Gasteiger partial charge on any atom is -0.507 e. The van der Waals surface area contributed by atoms with Crippen LogP contribution in [0.4, 0.5) is 4.39 Å². The molecule has 2 rings (SSSR count). The monoisotopic (exact) mass is 255 g/mol. The molecule has 0 atom stereocenters. The lowest BCUT2D eigenvalue weighted by Crippen LogP contribution is -2.19. The third kappa shape index (κ3) is 2.06. The van der Waals surface area contributed by atoms with Crippen molar-refractivity contribution in [3.63, 3.8) is 0 Å². The van der Waals surface area contributed by atoms with Crippen LogP contribution in [0, 0.1) is 5.82 Å². The Morgan fingerprint density at radius 2 is 2.06 bits per heavy atom. The number of hydrogen-bond donors (Lipinski definition) is 1. The van der Waals surface area contributed by atoms with Gasteiger partial charge in [-0.2, -0.15) is 4.99 Å². The molecule has 1 saturated carbocycles. The lowest BCUT2D eigenvalue weighted by atomic mass is 9.88. The van der Waals surface area contributed by atoms with E-state index >= 15 is 0 Å². The Balaban J connectivity index is 2.57. The van der Waals surface area contributed by atoms with E-state index in [0.29, 0.717) is 18.4 Å². The Labute approximate surface area is 103 Å². The zero-order valence-corrected chi connectivity index (χ0v) is 9.80. The number of carbonyl (C=O) groups excluding carboxylic acids is 1. The quantitative estimate of drug-likeness (QED) is 0.651. The summed E-state index contributed by atoms with van der Waals surface area (Å²) in [5.41, 5.74) is -0.381. The summed E-state index contributed by atoms with van der Waals surface area (Å²) in [6, 6.07) is 2.30. The first kappa shape index (κ1) is 12.1. The minimum absolute atomic E-state index is 0.0785. The summed E-state index contributed by atoms with van der Waals surface area (Å²) >= 11 is 5.70. The maximum absolute atomic E-state index is 13.2. The van der Waals surface area contributed by atoms with Gasteiger partial charge in [-0.05, 0) is 18.9 Å². The van der Waals surface area contributed by atoms with Crippen molar-refractivity contribution in [3.8, 4) is 5.75 Å². The van der Waals surface area contributed by atoms with Crippen molar-refractivity contribution in [2.24, 2.45) is 4.99 Å². The second-order valence-corrected chi connectivity index (χ2v) is 4.63. The Hall–Kier alpha value is -1.38. The number of halogens is 2. The van der Waals surface area contributed by atoms with Crippen molar-refractivity contribution in [1.29, 1.82) is 0 Å². The number of isocyanates is 1. The van der Waals surface area contributed by atoms with Gasteiger partial charge in [0.15, 0.2) is 0 Å². The molecule has 0 spiro atoms. The van der Waals surface area contributed by atoms with Gasteiger partial charge in [0, 0.05) is 11.6 Å². The Kier molecular flexibility index (Phi) is 3.18. The summed E-state index contributed by atoms with van der Waals surface area (Å²) in [6.45, 7) is 0. The molecule has 1 fully saturated rings. The van der Waals surface area contributed by atoms with E-state index in [1.54, 1.807) is 0 Å². The van der Waals surface area contributed by atoms with Crippen molar-refractivity contribution in [1.82, 2.24) is 0 Å². The van der Waals surface area contributed by atoms with Crippen LogP contribution in [0.25, 0.3) is 0 Å². The summed E-state index contributed by atoms with van der Waals surface area (Å²) < 4.78 is 13.2. The molecular weight excluding hydrogens is 245 g/mol. The van der Waals surface area contributed by atoms with Crippen LogP contribution >= 0.6 is 11.6 Å². The van der Waals surface area contributed by atoms with E-state index in [9.17, 15) is 14.3 Å². The maximum Gasteiger partial charge on any atom is 0.235 e. The number of aliphatic imine (C=N–C) groups is 1. The molecule has 0 aromatic heterocycles. The molecule has 1 aromatic rings. The van der Waals surface area contributed by atoms with E-state index in [1.807, 2.05) is 0 Å². The number of nitrogens with zero attached hydrogens (tertiary/aromatic N) is 1. The summed E-state index contributed by atoms with van der Waals surface area (Å²) in [5.74, 6) is -0.899. The zero-order valence-electron chi connectivity index (χ0n) is 9.04. The first-order valence-corrected chi connectivity index (χ1v) is 5.74. The van der Waals surface area contributed by atoms with Crippen LogP contribution in [0.5, 0.6) is 5.75 Å². The number of benzene rings is 1. The van der Waals surface area contributed by atoms with Crippen molar-refractivity contribution in [2.75, 3.05) is 0 Å². The third-order valence-corrected chi connectivity index (χ3v) is 3.52. The number of phenolic OH excluding ortho intramolecular Hbond substituents is 1. The fourth-order valence-corrected chi connectivity index (χ4v) is 2.56. The van der Waals surface area contributed by atoms with Gasteiger partial charge in [-0.1, -0.05) is 24.4 Å². The molecule has 1 aromatic carbocycles. The highest BCUT2D eigenvalue weighted by atomic mass is 35.5. The summed E-state index contributed by atoms with van der Waals surface area (Å²) in [7, 11) is 0. The third-order valence-electron chi connectivity index (χ3n) is 3.23. The number of phenols is 1. The van der Waals surface area contributed by atoms with Gasteiger partial charge in [0.2, 0.25) is 6.08 Å². The predicted octanol–water partition coefficient (Wildman–Crippen LogP) is 3.29. The smallest absolute Gasteiger partial charge is 0.235 e. The van der Waals surface area contributed by atoms with E-state index in [2.05, 4.69) is 4.99 Å². The van der Waals surface area contributed by atoms with Crippen LogP contribution in [0.3, 0.4) is 0 Å². The van der Waals surface area contributed by atoms with E-state index < -0.39 is 11.4 Å². The van der Waals surface area contributed by atoms with Gasteiger partial charge in [0.05, 0.1) is 5.02 Å². The highest BCUT2D eigenvalue weighted by Crippen LogP contribution is 2.46. The fourth-order valence-electron chi connectivity index (χ4n) is 2.40. The first-order chi connectivity index (χ1) is 8.09. The Bertz CT molecular complexity index is 492. The average molecular weight is 256 g/mol. The molecule has 0 unspecified atom stereocenters. The fraction of sp³-hybridized carbons (Fsp3) is 0.417. The normalized spacial score (nSPS) is 17.8. The van der Waals surface area contributed by atoms with Gasteiger partial charge in [-0.15, -0.1) is 0 Å². The maximum atomic E-state index is 13.2. The van der Waals surface area contributed by atoms with Gasteiger partial charge >= 0.3 is 0 Å². The molecule has 0 amide bonds. The molecule has 1 aliphatic carbocycles. The molecule has 1 N–H and O–H groups in total. The van der Waals surface area contributed by atoms with Crippen molar-refractivity contribution in [3.05, 3.63) is 28.5 Å². The lowest BCUT2D eigenvalue weighted by molar-refractivity contribution is 0.405.